The van der Waals surface area contributed by atoms with Crippen LogP contribution in [0.3, 0.4) is 0 Å². The van der Waals surface area contributed by atoms with E-state index in [4.69, 9.17) is 0 Å². The Kier molecular flexibility index (Phi) is 6.74. The van der Waals surface area contributed by atoms with E-state index in [1.54, 1.807) is 35.9 Å². The number of hydrogen-bond donors (Lipinski definition) is 1. The molecular weight excluding hydrogens is 369 g/mol. The lowest BCUT2D eigenvalue weighted by molar-refractivity contribution is -0.118. The SMILES string of the molecule is O=C(CSc1ccc(F)cc1)NCCCc1nc(-c2ccncc2)cs1. The Morgan fingerprint density at radius 2 is 1.92 bits per heavy atom. The molecule has 26 heavy (non-hydrogen) atoms. The van der Waals surface area contributed by atoms with Crippen LogP contribution in [-0.2, 0) is 11.2 Å². The van der Waals surface area contributed by atoms with Crippen molar-refractivity contribution < 1.29 is 9.18 Å². The summed E-state index contributed by atoms with van der Waals surface area (Å²) in [5.74, 6) is 0.0405. The second kappa shape index (κ2) is 9.45. The molecule has 0 atom stereocenters. The highest BCUT2D eigenvalue weighted by molar-refractivity contribution is 8.00. The van der Waals surface area contributed by atoms with Crippen LogP contribution in [0.2, 0.25) is 0 Å². The van der Waals surface area contributed by atoms with Gasteiger partial charge in [-0.15, -0.1) is 23.1 Å². The van der Waals surface area contributed by atoms with Crippen molar-refractivity contribution in [1.29, 1.82) is 0 Å². The molecule has 1 amide bonds. The molecule has 0 radical (unpaired) electrons. The number of carbonyl (C=O) groups is 1. The van der Waals surface area contributed by atoms with Gasteiger partial charge < -0.3 is 5.32 Å². The second-order valence-corrected chi connectivity index (χ2v) is 7.55. The number of nitrogens with zero attached hydrogens (tertiary/aromatic N) is 2. The number of aryl methyl sites for hydroxylation is 1. The highest BCUT2D eigenvalue weighted by Crippen LogP contribution is 2.22. The molecule has 0 spiro atoms. The van der Waals surface area contributed by atoms with E-state index in [2.05, 4.69) is 15.3 Å². The van der Waals surface area contributed by atoms with Crippen molar-refractivity contribution in [1.82, 2.24) is 15.3 Å². The Labute approximate surface area is 159 Å². The van der Waals surface area contributed by atoms with Crippen LogP contribution in [-0.4, -0.2) is 28.2 Å². The summed E-state index contributed by atoms with van der Waals surface area (Å²) in [4.78, 5) is 21.4. The fourth-order valence-corrected chi connectivity index (χ4v) is 3.86. The summed E-state index contributed by atoms with van der Waals surface area (Å²) in [5, 5.41) is 6.01. The number of thiazole rings is 1. The van der Waals surface area contributed by atoms with Crippen molar-refractivity contribution >= 4 is 29.0 Å². The molecule has 0 fully saturated rings. The molecule has 4 nitrogen and oxygen atoms in total. The molecule has 0 bridgehead atoms. The smallest absolute Gasteiger partial charge is 0.230 e. The topological polar surface area (TPSA) is 54.9 Å². The minimum atomic E-state index is -0.270. The molecule has 0 unspecified atom stereocenters. The Balaban J connectivity index is 1.35. The molecule has 3 rings (SSSR count). The second-order valence-electron chi connectivity index (χ2n) is 5.56. The summed E-state index contributed by atoms with van der Waals surface area (Å²) in [6.07, 6.45) is 5.19. The molecule has 1 aromatic carbocycles. The van der Waals surface area contributed by atoms with E-state index < -0.39 is 0 Å². The lowest BCUT2D eigenvalue weighted by Crippen LogP contribution is -2.26. The number of rotatable bonds is 8. The van der Waals surface area contributed by atoms with Gasteiger partial charge in [-0.2, -0.15) is 0 Å². The van der Waals surface area contributed by atoms with E-state index in [-0.39, 0.29) is 11.7 Å². The Morgan fingerprint density at radius 3 is 2.69 bits per heavy atom. The van der Waals surface area contributed by atoms with E-state index in [1.807, 2.05) is 17.5 Å². The van der Waals surface area contributed by atoms with Gasteiger partial charge in [-0.05, 0) is 42.8 Å². The molecular formula is C19H18FN3OS2. The summed E-state index contributed by atoms with van der Waals surface area (Å²) in [5.41, 5.74) is 2.03. The van der Waals surface area contributed by atoms with Crippen LogP contribution in [0, 0.1) is 5.82 Å². The molecule has 0 saturated heterocycles. The summed E-state index contributed by atoms with van der Waals surface area (Å²) < 4.78 is 12.8. The van der Waals surface area contributed by atoms with Gasteiger partial charge in [-0.1, -0.05) is 0 Å². The number of carbonyl (C=O) groups excluding carboxylic acids is 1. The number of pyridine rings is 1. The molecule has 2 aromatic heterocycles. The highest BCUT2D eigenvalue weighted by Gasteiger charge is 2.06. The number of aromatic nitrogens is 2. The normalized spacial score (nSPS) is 10.7. The molecule has 1 N–H and O–H groups in total. The average molecular weight is 388 g/mol. The number of halogens is 1. The summed E-state index contributed by atoms with van der Waals surface area (Å²) in [6.45, 7) is 0.618. The number of amides is 1. The fourth-order valence-electron chi connectivity index (χ4n) is 2.28. The Hall–Kier alpha value is -2.25. The average Bonchev–Trinajstić information content (AvgIpc) is 3.14. The van der Waals surface area contributed by atoms with E-state index in [0.717, 1.165) is 34.0 Å². The van der Waals surface area contributed by atoms with E-state index >= 15 is 0 Å². The largest absolute Gasteiger partial charge is 0.355 e. The van der Waals surface area contributed by atoms with Crippen LogP contribution in [0.5, 0.6) is 0 Å². The maximum Gasteiger partial charge on any atom is 0.230 e. The molecule has 0 saturated carbocycles. The fraction of sp³-hybridized carbons (Fsp3) is 0.211. The number of nitrogens with one attached hydrogen (secondary N) is 1. The van der Waals surface area contributed by atoms with Crippen molar-refractivity contribution in [3.05, 3.63) is 65.0 Å². The molecule has 134 valence electrons. The molecule has 0 aliphatic heterocycles. The monoisotopic (exact) mass is 387 g/mol. The third-order valence-electron chi connectivity index (χ3n) is 3.60. The van der Waals surface area contributed by atoms with Crippen LogP contribution in [0.25, 0.3) is 11.3 Å². The number of hydrogen-bond acceptors (Lipinski definition) is 5. The van der Waals surface area contributed by atoms with Crippen molar-refractivity contribution in [3.8, 4) is 11.3 Å². The first-order valence-electron chi connectivity index (χ1n) is 8.20. The van der Waals surface area contributed by atoms with Crippen LogP contribution in [0.4, 0.5) is 4.39 Å². The van der Waals surface area contributed by atoms with E-state index in [1.165, 1.54) is 23.9 Å². The third-order valence-corrected chi connectivity index (χ3v) is 5.52. The van der Waals surface area contributed by atoms with Crippen molar-refractivity contribution in [2.75, 3.05) is 12.3 Å². The van der Waals surface area contributed by atoms with Gasteiger partial charge >= 0.3 is 0 Å². The van der Waals surface area contributed by atoms with Crippen LogP contribution in [0.1, 0.15) is 11.4 Å². The van der Waals surface area contributed by atoms with Gasteiger partial charge in [0.2, 0.25) is 5.91 Å². The Morgan fingerprint density at radius 1 is 1.15 bits per heavy atom. The summed E-state index contributed by atoms with van der Waals surface area (Å²) >= 11 is 3.03. The standard InChI is InChI=1S/C19H18FN3OS2/c20-15-3-5-16(6-4-15)25-13-18(24)22-9-1-2-19-23-17(12-26-19)14-7-10-21-11-8-14/h3-8,10-12H,1-2,9,13H2,(H,22,24). The first kappa shape index (κ1) is 18.5. The first-order chi connectivity index (χ1) is 12.7. The van der Waals surface area contributed by atoms with E-state index in [0.29, 0.717) is 12.3 Å². The third kappa shape index (κ3) is 5.64. The van der Waals surface area contributed by atoms with Crippen LogP contribution in [0.15, 0.2) is 59.1 Å². The van der Waals surface area contributed by atoms with Crippen LogP contribution < -0.4 is 5.32 Å². The maximum absolute atomic E-state index is 12.8. The zero-order valence-corrected chi connectivity index (χ0v) is 15.7. The van der Waals surface area contributed by atoms with E-state index in [9.17, 15) is 9.18 Å². The van der Waals surface area contributed by atoms with Gasteiger partial charge in [-0.25, -0.2) is 9.37 Å². The number of benzene rings is 1. The minimum Gasteiger partial charge on any atom is -0.355 e. The van der Waals surface area contributed by atoms with Crippen LogP contribution >= 0.6 is 23.1 Å². The van der Waals surface area contributed by atoms with Gasteiger partial charge in [0.25, 0.3) is 0 Å². The zero-order chi connectivity index (χ0) is 18.2. The van der Waals surface area contributed by atoms with Gasteiger partial charge in [0.1, 0.15) is 5.82 Å². The Bertz CT molecular complexity index is 838. The maximum atomic E-state index is 12.8. The van der Waals surface area contributed by atoms with Crippen molar-refractivity contribution in [3.63, 3.8) is 0 Å². The molecule has 3 aromatic rings. The van der Waals surface area contributed by atoms with Gasteiger partial charge in [0, 0.05) is 41.2 Å². The molecule has 0 aliphatic rings. The summed E-state index contributed by atoms with van der Waals surface area (Å²) in [7, 11) is 0. The highest BCUT2D eigenvalue weighted by atomic mass is 32.2. The predicted molar refractivity (Wildman–Crippen MR) is 104 cm³/mol. The lowest BCUT2D eigenvalue weighted by atomic mass is 10.2. The first-order valence-corrected chi connectivity index (χ1v) is 10.1. The molecule has 0 aliphatic carbocycles. The lowest BCUT2D eigenvalue weighted by Gasteiger charge is -2.04. The van der Waals surface area contributed by atoms with Crippen molar-refractivity contribution in [2.45, 2.75) is 17.7 Å². The van der Waals surface area contributed by atoms with Crippen molar-refractivity contribution in [2.24, 2.45) is 0 Å². The summed E-state index contributed by atoms with van der Waals surface area (Å²) in [6, 6.07) is 10.0. The van der Waals surface area contributed by atoms with Gasteiger partial charge in [-0.3, -0.25) is 9.78 Å². The van der Waals surface area contributed by atoms with Gasteiger partial charge in [0.15, 0.2) is 0 Å². The minimum absolute atomic E-state index is 0.0176. The number of thioether (sulfide) groups is 1. The zero-order valence-electron chi connectivity index (χ0n) is 14.0. The molecule has 2 heterocycles. The quantitative estimate of drug-likeness (QED) is 0.465. The predicted octanol–water partition coefficient (Wildman–Crippen LogP) is 4.19. The molecule has 7 heteroatoms. The van der Waals surface area contributed by atoms with Gasteiger partial charge in [0.05, 0.1) is 16.5 Å².